The molecule has 2 aromatic rings. The smallest absolute Gasteiger partial charge is 0.257 e. The third-order valence-electron chi connectivity index (χ3n) is 5.80. The molecule has 7 heteroatoms. The number of amides is 2. The van der Waals surface area contributed by atoms with Crippen LogP contribution in [0.3, 0.4) is 0 Å². The second-order valence-corrected chi connectivity index (χ2v) is 8.36. The SMILES string of the molecule is CCCC(CC)CCNC(=O)c1cccc(Nc2ccc(C(=O)NC3=NCCCN3)cc2)c1. The van der Waals surface area contributed by atoms with Crippen molar-refractivity contribution in [2.45, 2.75) is 46.0 Å². The Bertz CT molecular complexity index is 955. The Balaban J connectivity index is 1.53. The van der Waals surface area contributed by atoms with Crippen LogP contribution in [-0.2, 0) is 0 Å². The Morgan fingerprint density at radius 3 is 2.52 bits per heavy atom. The number of carbonyl (C=O) groups excluding carboxylic acids is 2. The minimum atomic E-state index is -0.197. The Hall–Kier alpha value is -3.35. The first-order valence-corrected chi connectivity index (χ1v) is 11.9. The lowest BCUT2D eigenvalue weighted by atomic mass is 9.97. The maximum absolute atomic E-state index is 12.6. The summed E-state index contributed by atoms with van der Waals surface area (Å²) in [7, 11) is 0. The van der Waals surface area contributed by atoms with Gasteiger partial charge in [-0.2, -0.15) is 0 Å². The minimum absolute atomic E-state index is 0.0590. The van der Waals surface area contributed by atoms with Crippen LogP contribution >= 0.6 is 0 Å². The summed E-state index contributed by atoms with van der Waals surface area (Å²) >= 11 is 0. The van der Waals surface area contributed by atoms with E-state index in [0.29, 0.717) is 29.5 Å². The van der Waals surface area contributed by atoms with Gasteiger partial charge >= 0.3 is 0 Å². The molecule has 0 fully saturated rings. The van der Waals surface area contributed by atoms with Gasteiger partial charge in [-0.25, -0.2) is 0 Å². The van der Waals surface area contributed by atoms with Gasteiger partial charge in [0.25, 0.3) is 11.8 Å². The van der Waals surface area contributed by atoms with Crippen LogP contribution in [0.5, 0.6) is 0 Å². The molecule has 0 bridgehead atoms. The molecule has 1 aliphatic heterocycles. The summed E-state index contributed by atoms with van der Waals surface area (Å²) in [5.74, 6) is 0.938. The highest BCUT2D eigenvalue weighted by atomic mass is 16.2. The molecule has 0 aromatic heterocycles. The fourth-order valence-electron chi connectivity index (χ4n) is 3.86. The average molecular weight is 450 g/mol. The van der Waals surface area contributed by atoms with E-state index in [4.69, 9.17) is 0 Å². The zero-order valence-electron chi connectivity index (χ0n) is 19.6. The third kappa shape index (κ3) is 7.63. The highest BCUT2D eigenvalue weighted by Crippen LogP contribution is 2.19. The van der Waals surface area contributed by atoms with Crippen LogP contribution in [0.1, 0.15) is 66.7 Å². The van der Waals surface area contributed by atoms with E-state index < -0.39 is 0 Å². The van der Waals surface area contributed by atoms with Crippen molar-refractivity contribution in [2.24, 2.45) is 10.9 Å². The second-order valence-electron chi connectivity index (χ2n) is 8.36. The first-order valence-electron chi connectivity index (χ1n) is 11.9. The zero-order valence-corrected chi connectivity index (χ0v) is 19.6. The first-order chi connectivity index (χ1) is 16.1. The van der Waals surface area contributed by atoms with Crippen LogP contribution in [0.2, 0.25) is 0 Å². The molecule has 1 unspecified atom stereocenters. The Kier molecular flexibility index (Phi) is 9.30. The predicted molar refractivity (Wildman–Crippen MR) is 134 cm³/mol. The molecule has 4 N–H and O–H groups in total. The molecule has 1 aliphatic rings. The van der Waals surface area contributed by atoms with E-state index in [0.717, 1.165) is 43.7 Å². The third-order valence-corrected chi connectivity index (χ3v) is 5.80. The molecule has 3 rings (SSSR count). The van der Waals surface area contributed by atoms with Gasteiger partial charge in [0.1, 0.15) is 0 Å². The van der Waals surface area contributed by atoms with E-state index >= 15 is 0 Å². The topological polar surface area (TPSA) is 94.6 Å². The number of hydrogen-bond acceptors (Lipinski definition) is 5. The highest BCUT2D eigenvalue weighted by molar-refractivity contribution is 6.06. The standard InChI is InChI=1S/C26H35N5O2/c1-3-7-19(4-2)14-17-27-24(32)21-8-5-9-23(18-21)30-22-12-10-20(11-13-22)25(33)31-26-28-15-6-16-29-26/h5,8-13,18-19,30H,3-4,6-7,14-17H2,1-2H3,(H,27,32)(H2,28,29,31,33). The maximum atomic E-state index is 12.6. The van der Waals surface area contributed by atoms with Gasteiger partial charge in [0.15, 0.2) is 5.96 Å². The molecule has 1 heterocycles. The molecule has 0 saturated carbocycles. The number of carbonyl (C=O) groups is 2. The largest absolute Gasteiger partial charge is 0.356 e. The lowest BCUT2D eigenvalue weighted by Crippen LogP contribution is -2.43. The van der Waals surface area contributed by atoms with Crippen molar-refractivity contribution in [2.75, 3.05) is 25.0 Å². The van der Waals surface area contributed by atoms with Crippen molar-refractivity contribution in [3.05, 3.63) is 59.7 Å². The molecule has 0 radical (unpaired) electrons. The fourth-order valence-corrected chi connectivity index (χ4v) is 3.86. The van der Waals surface area contributed by atoms with Gasteiger partial charge in [-0.1, -0.05) is 39.2 Å². The second kappa shape index (κ2) is 12.6. The lowest BCUT2D eigenvalue weighted by molar-refractivity contribution is 0.0948. The van der Waals surface area contributed by atoms with Crippen LogP contribution in [0, 0.1) is 5.92 Å². The quantitative estimate of drug-likeness (QED) is 0.431. The Morgan fingerprint density at radius 1 is 1.00 bits per heavy atom. The first kappa shape index (κ1) is 24.3. The maximum Gasteiger partial charge on any atom is 0.257 e. The molecule has 0 aliphatic carbocycles. The van der Waals surface area contributed by atoms with Crippen LogP contribution in [0.15, 0.2) is 53.5 Å². The van der Waals surface area contributed by atoms with Gasteiger partial charge in [0, 0.05) is 42.1 Å². The number of anilines is 2. The lowest BCUT2D eigenvalue weighted by Gasteiger charge is -2.15. The van der Waals surface area contributed by atoms with Gasteiger partial charge < -0.3 is 16.0 Å². The zero-order chi connectivity index (χ0) is 23.5. The number of rotatable bonds is 10. The molecule has 176 valence electrons. The molecule has 0 spiro atoms. The monoisotopic (exact) mass is 449 g/mol. The highest BCUT2D eigenvalue weighted by Gasteiger charge is 2.11. The van der Waals surface area contributed by atoms with Crippen molar-refractivity contribution >= 4 is 29.1 Å². The van der Waals surface area contributed by atoms with Crippen molar-refractivity contribution in [1.29, 1.82) is 0 Å². The minimum Gasteiger partial charge on any atom is -0.356 e. The van der Waals surface area contributed by atoms with Gasteiger partial charge in [-0.3, -0.25) is 19.9 Å². The number of guanidine groups is 1. The molecule has 0 saturated heterocycles. The Morgan fingerprint density at radius 2 is 1.82 bits per heavy atom. The number of hydrogen-bond donors (Lipinski definition) is 4. The van der Waals surface area contributed by atoms with Gasteiger partial charge in [-0.05, 0) is 61.2 Å². The summed E-state index contributed by atoms with van der Waals surface area (Å²) in [6, 6.07) is 14.6. The molecular formula is C26H35N5O2. The molecule has 2 amide bonds. The molecule has 2 aromatic carbocycles. The number of aliphatic imine (C=N–C) groups is 1. The van der Waals surface area contributed by atoms with E-state index in [-0.39, 0.29) is 11.8 Å². The number of nitrogens with zero attached hydrogens (tertiary/aromatic N) is 1. The molecule has 1 atom stereocenters. The predicted octanol–water partition coefficient (Wildman–Crippen LogP) is 4.46. The van der Waals surface area contributed by atoms with E-state index in [9.17, 15) is 9.59 Å². The number of benzene rings is 2. The summed E-state index contributed by atoms with van der Waals surface area (Å²) in [6.45, 7) is 6.64. The van der Waals surface area contributed by atoms with E-state index in [2.05, 4.69) is 40.1 Å². The van der Waals surface area contributed by atoms with Gasteiger partial charge in [-0.15, -0.1) is 0 Å². The molecular weight excluding hydrogens is 414 g/mol. The normalized spacial score (nSPS) is 13.9. The van der Waals surface area contributed by atoms with Crippen molar-refractivity contribution < 1.29 is 9.59 Å². The Labute approximate surface area is 196 Å². The summed E-state index contributed by atoms with van der Waals surface area (Å²) in [5.41, 5.74) is 2.83. The van der Waals surface area contributed by atoms with Crippen molar-refractivity contribution in [3.63, 3.8) is 0 Å². The molecule has 33 heavy (non-hydrogen) atoms. The average Bonchev–Trinajstić information content (AvgIpc) is 2.84. The molecule has 7 nitrogen and oxygen atoms in total. The summed E-state index contributed by atoms with van der Waals surface area (Å²) in [4.78, 5) is 29.2. The van der Waals surface area contributed by atoms with Gasteiger partial charge in [0.2, 0.25) is 0 Å². The van der Waals surface area contributed by atoms with Crippen LogP contribution in [-0.4, -0.2) is 37.4 Å². The van der Waals surface area contributed by atoms with Gasteiger partial charge in [0.05, 0.1) is 0 Å². The number of nitrogens with one attached hydrogen (secondary N) is 4. The van der Waals surface area contributed by atoms with Crippen LogP contribution in [0.4, 0.5) is 11.4 Å². The summed E-state index contributed by atoms with van der Waals surface area (Å²) < 4.78 is 0. The summed E-state index contributed by atoms with van der Waals surface area (Å²) in [5, 5.41) is 12.2. The van der Waals surface area contributed by atoms with Crippen LogP contribution in [0.25, 0.3) is 0 Å². The van der Waals surface area contributed by atoms with Crippen molar-refractivity contribution in [3.8, 4) is 0 Å². The van der Waals surface area contributed by atoms with Crippen molar-refractivity contribution in [1.82, 2.24) is 16.0 Å². The van der Waals surface area contributed by atoms with E-state index in [1.54, 1.807) is 12.1 Å². The van der Waals surface area contributed by atoms with E-state index in [1.807, 2.05) is 36.4 Å². The summed E-state index contributed by atoms with van der Waals surface area (Å²) in [6.07, 6.45) is 5.52. The fraction of sp³-hybridized carbons (Fsp3) is 0.423. The van der Waals surface area contributed by atoms with E-state index in [1.165, 1.54) is 12.8 Å². The van der Waals surface area contributed by atoms with Crippen LogP contribution < -0.4 is 21.3 Å².